The van der Waals surface area contributed by atoms with Crippen molar-refractivity contribution >= 4 is 47.8 Å². The topological polar surface area (TPSA) is 9.23 Å². The quantitative estimate of drug-likeness (QED) is 0.700. The molecule has 0 aliphatic rings. The Morgan fingerprint density at radius 3 is 2.09 bits per heavy atom. The van der Waals surface area contributed by atoms with Gasteiger partial charge in [-0.15, -0.1) is 0 Å². The number of halogens is 3. The SMILES string of the molecule is COc1cc(Br)c(Br)cc1Br. The van der Waals surface area contributed by atoms with Gasteiger partial charge in [-0.25, -0.2) is 0 Å². The number of ether oxygens (including phenoxy) is 1. The average Bonchev–Trinajstić information content (AvgIpc) is 1.97. The van der Waals surface area contributed by atoms with Crippen molar-refractivity contribution in [3.8, 4) is 5.75 Å². The fraction of sp³-hybridized carbons (Fsp3) is 0.143. The molecule has 0 radical (unpaired) electrons. The van der Waals surface area contributed by atoms with E-state index < -0.39 is 0 Å². The van der Waals surface area contributed by atoms with Gasteiger partial charge in [0.05, 0.1) is 11.6 Å². The van der Waals surface area contributed by atoms with Crippen molar-refractivity contribution in [1.29, 1.82) is 0 Å². The number of hydrogen-bond acceptors (Lipinski definition) is 1. The van der Waals surface area contributed by atoms with Gasteiger partial charge in [0.2, 0.25) is 0 Å². The van der Waals surface area contributed by atoms with Gasteiger partial charge >= 0.3 is 0 Å². The zero-order chi connectivity index (χ0) is 8.43. The zero-order valence-electron chi connectivity index (χ0n) is 5.70. The first-order chi connectivity index (χ1) is 5.15. The summed E-state index contributed by atoms with van der Waals surface area (Å²) in [5.74, 6) is 0.820. The van der Waals surface area contributed by atoms with E-state index in [1.165, 1.54) is 0 Å². The van der Waals surface area contributed by atoms with Gasteiger partial charge in [0, 0.05) is 8.95 Å². The van der Waals surface area contributed by atoms with Gasteiger partial charge in [-0.1, -0.05) is 0 Å². The Balaban J connectivity index is 3.21. The predicted molar refractivity (Wildman–Crippen MR) is 56.1 cm³/mol. The first-order valence-electron chi connectivity index (χ1n) is 2.83. The van der Waals surface area contributed by atoms with Crippen molar-refractivity contribution in [3.63, 3.8) is 0 Å². The minimum atomic E-state index is 0.820. The summed E-state index contributed by atoms with van der Waals surface area (Å²) < 4.78 is 8.01. The van der Waals surface area contributed by atoms with Crippen molar-refractivity contribution in [2.24, 2.45) is 0 Å². The van der Waals surface area contributed by atoms with Crippen LogP contribution in [0.25, 0.3) is 0 Å². The molecule has 1 rings (SSSR count). The standard InChI is InChI=1S/C7H5Br3O/c1-11-7-3-5(9)4(8)2-6(7)10/h2-3H,1H3. The molecule has 11 heavy (non-hydrogen) atoms. The molecule has 0 aliphatic heterocycles. The number of methoxy groups -OCH3 is 1. The van der Waals surface area contributed by atoms with E-state index in [0.29, 0.717) is 0 Å². The maximum atomic E-state index is 5.08. The van der Waals surface area contributed by atoms with E-state index in [2.05, 4.69) is 47.8 Å². The maximum Gasteiger partial charge on any atom is 0.134 e. The van der Waals surface area contributed by atoms with Crippen LogP contribution < -0.4 is 4.74 Å². The normalized spacial score (nSPS) is 9.82. The van der Waals surface area contributed by atoms with E-state index in [1.54, 1.807) is 7.11 Å². The van der Waals surface area contributed by atoms with Crippen LogP contribution in [0, 0.1) is 0 Å². The largest absolute Gasteiger partial charge is 0.496 e. The van der Waals surface area contributed by atoms with Gasteiger partial charge in [0.25, 0.3) is 0 Å². The Kier molecular flexibility index (Phi) is 3.40. The molecule has 1 aromatic rings. The lowest BCUT2D eigenvalue weighted by Gasteiger charge is -2.04. The Morgan fingerprint density at radius 1 is 1.00 bits per heavy atom. The fourth-order valence-electron chi connectivity index (χ4n) is 0.661. The second-order valence-electron chi connectivity index (χ2n) is 1.90. The summed E-state index contributed by atoms with van der Waals surface area (Å²) >= 11 is 10.1. The molecule has 0 saturated carbocycles. The van der Waals surface area contributed by atoms with Gasteiger partial charge in [0.1, 0.15) is 5.75 Å². The van der Waals surface area contributed by atoms with Crippen LogP contribution in [0.15, 0.2) is 25.6 Å². The van der Waals surface area contributed by atoms with Crippen LogP contribution in [0.1, 0.15) is 0 Å². The molecule has 0 unspecified atom stereocenters. The highest BCUT2D eigenvalue weighted by atomic mass is 79.9. The Labute approximate surface area is 90.5 Å². The average molecular weight is 345 g/mol. The van der Waals surface area contributed by atoms with Crippen molar-refractivity contribution in [3.05, 3.63) is 25.6 Å². The maximum absolute atomic E-state index is 5.08. The van der Waals surface area contributed by atoms with Crippen LogP contribution in [0.2, 0.25) is 0 Å². The molecule has 0 aromatic heterocycles. The van der Waals surface area contributed by atoms with E-state index in [1.807, 2.05) is 12.1 Å². The second kappa shape index (κ2) is 3.92. The number of benzene rings is 1. The lowest BCUT2D eigenvalue weighted by atomic mass is 10.3. The highest BCUT2D eigenvalue weighted by Crippen LogP contribution is 2.34. The molecule has 0 heterocycles. The summed E-state index contributed by atoms with van der Waals surface area (Å²) in [7, 11) is 1.64. The van der Waals surface area contributed by atoms with Gasteiger partial charge < -0.3 is 4.74 Å². The van der Waals surface area contributed by atoms with Crippen molar-refractivity contribution in [1.82, 2.24) is 0 Å². The molecule has 0 saturated heterocycles. The molecular formula is C7H5Br3O. The lowest BCUT2D eigenvalue weighted by molar-refractivity contribution is 0.412. The second-order valence-corrected chi connectivity index (χ2v) is 4.46. The molecule has 1 aromatic carbocycles. The molecule has 0 N–H and O–H groups in total. The fourth-order valence-corrected chi connectivity index (χ4v) is 2.14. The summed E-state index contributed by atoms with van der Waals surface area (Å²) in [6.07, 6.45) is 0. The third kappa shape index (κ3) is 2.20. The van der Waals surface area contributed by atoms with Crippen LogP contribution >= 0.6 is 47.8 Å². The summed E-state index contributed by atoms with van der Waals surface area (Å²) in [4.78, 5) is 0. The summed E-state index contributed by atoms with van der Waals surface area (Å²) in [5.41, 5.74) is 0. The highest BCUT2D eigenvalue weighted by molar-refractivity contribution is 9.13. The molecular weight excluding hydrogens is 340 g/mol. The van der Waals surface area contributed by atoms with Crippen molar-refractivity contribution < 1.29 is 4.74 Å². The molecule has 0 aliphatic carbocycles. The van der Waals surface area contributed by atoms with E-state index >= 15 is 0 Å². The summed E-state index contributed by atoms with van der Waals surface area (Å²) in [5, 5.41) is 0. The first-order valence-corrected chi connectivity index (χ1v) is 5.21. The lowest BCUT2D eigenvalue weighted by Crippen LogP contribution is -1.84. The molecule has 0 amide bonds. The van der Waals surface area contributed by atoms with Gasteiger partial charge in [-0.05, 0) is 59.9 Å². The molecule has 0 bridgehead atoms. The summed E-state index contributed by atoms with van der Waals surface area (Å²) in [6, 6.07) is 3.83. The van der Waals surface area contributed by atoms with Crippen LogP contribution in [0.4, 0.5) is 0 Å². The number of rotatable bonds is 1. The van der Waals surface area contributed by atoms with Crippen LogP contribution in [0.5, 0.6) is 5.75 Å². The van der Waals surface area contributed by atoms with E-state index in [9.17, 15) is 0 Å². The van der Waals surface area contributed by atoms with Gasteiger partial charge in [-0.3, -0.25) is 0 Å². The molecule has 0 spiro atoms. The zero-order valence-corrected chi connectivity index (χ0v) is 10.5. The first kappa shape index (κ1) is 9.55. The molecule has 0 fully saturated rings. The van der Waals surface area contributed by atoms with Crippen LogP contribution in [-0.4, -0.2) is 7.11 Å². The van der Waals surface area contributed by atoms with Crippen LogP contribution in [0.3, 0.4) is 0 Å². The number of hydrogen-bond donors (Lipinski definition) is 0. The molecule has 0 atom stereocenters. The Morgan fingerprint density at radius 2 is 1.55 bits per heavy atom. The van der Waals surface area contributed by atoms with E-state index in [4.69, 9.17) is 4.74 Å². The Bertz CT molecular complexity index is 273. The summed E-state index contributed by atoms with van der Waals surface area (Å²) in [6.45, 7) is 0. The highest BCUT2D eigenvalue weighted by Gasteiger charge is 2.03. The monoisotopic (exact) mass is 342 g/mol. The van der Waals surface area contributed by atoms with Crippen molar-refractivity contribution in [2.45, 2.75) is 0 Å². The minimum Gasteiger partial charge on any atom is -0.496 e. The minimum absolute atomic E-state index is 0.820. The van der Waals surface area contributed by atoms with E-state index in [0.717, 1.165) is 19.2 Å². The van der Waals surface area contributed by atoms with Crippen molar-refractivity contribution in [2.75, 3.05) is 7.11 Å². The van der Waals surface area contributed by atoms with Gasteiger partial charge in [-0.2, -0.15) is 0 Å². The molecule has 1 nitrogen and oxygen atoms in total. The Hall–Kier alpha value is 0.460. The third-order valence-electron chi connectivity index (χ3n) is 1.19. The molecule has 4 heteroatoms. The smallest absolute Gasteiger partial charge is 0.134 e. The van der Waals surface area contributed by atoms with Crippen LogP contribution in [-0.2, 0) is 0 Å². The third-order valence-corrected chi connectivity index (χ3v) is 3.66. The predicted octanol–water partition coefficient (Wildman–Crippen LogP) is 3.98. The molecule has 60 valence electrons. The van der Waals surface area contributed by atoms with Gasteiger partial charge in [0.15, 0.2) is 0 Å². The van der Waals surface area contributed by atoms with E-state index in [-0.39, 0.29) is 0 Å².